The van der Waals surface area contributed by atoms with Crippen molar-refractivity contribution in [1.82, 2.24) is 0 Å². The number of ether oxygens (including phenoxy) is 1. The van der Waals surface area contributed by atoms with E-state index >= 15 is 0 Å². The quantitative estimate of drug-likeness (QED) is 0.326. The van der Waals surface area contributed by atoms with Crippen molar-refractivity contribution in [1.29, 1.82) is 0 Å². The van der Waals surface area contributed by atoms with Gasteiger partial charge < -0.3 is 9.84 Å². The highest BCUT2D eigenvalue weighted by atomic mass is 16.5. The van der Waals surface area contributed by atoms with Crippen LogP contribution in [0.15, 0.2) is 46.3 Å². The molecule has 0 aromatic heterocycles. The number of hydrogen-bond donors (Lipinski definition) is 1. The number of hydrogen-bond acceptors (Lipinski definition) is 2. The Morgan fingerprint density at radius 3 is 1.75 bits per heavy atom. The Bertz CT molecular complexity index is 460. The second kappa shape index (κ2) is 14.1. The molecule has 0 heterocycles. The fourth-order valence-corrected chi connectivity index (χ4v) is 2.49. The summed E-state index contributed by atoms with van der Waals surface area (Å²) in [7, 11) is 0. The molecule has 0 saturated carbocycles. The van der Waals surface area contributed by atoms with Crippen LogP contribution in [0.25, 0.3) is 0 Å². The van der Waals surface area contributed by atoms with Crippen LogP contribution >= 0.6 is 0 Å². The lowest BCUT2D eigenvalue weighted by molar-refractivity contribution is 0.167. The molecule has 1 N–H and O–H groups in total. The van der Waals surface area contributed by atoms with Crippen molar-refractivity contribution in [3.8, 4) is 0 Å². The van der Waals surface area contributed by atoms with Gasteiger partial charge in [0, 0.05) is 0 Å². The molecule has 24 heavy (non-hydrogen) atoms. The topological polar surface area (TPSA) is 29.5 Å². The van der Waals surface area contributed by atoms with Crippen molar-refractivity contribution < 1.29 is 9.84 Å². The summed E-state index contributed by atoms with van der Waals surface area (Å²) in [6.07, 6.45) is 13.5. The monoisotopic (exact) mass is 334 g/mol. The molecule has 138 valence electrons. The first-order chi connectivity index (χ1) is 11.4. The highest BCUT2D eigenvalue weighted by Crippen LogP contribution is 2.15. The summed E-state index contributed by atoms with van der Waals surface area (Å²) in [6.45, 7) is 13.4. The molecule has 0 radical (unpaired) electrons. The van der Waals surface area contributed by atoms with Gasteiger partial charge in [-0.05, 0) is 85.6 Å². The summed E-state index contributed by atoms with van der Waals surface area (Å²) in [6, 6.07) is 0. The van der Waals surface area contributed by atoms with E-state index in [2.05, 4.69) is 45.9 Å². The van der Waals surface area contributed by atoms with Crippen molar-refractivity contribution in [3.63, 3.8) is 0 Å². The van der Waals surface area contributed by atoms with Crippen LogP contribution in [0.3, 0.4) is 0 Å². The van der Waals surface area contributed by atoms with Crippen LogP contribution in [-0.4, -0.2) is 18.3 Å². The average Bonchev–Trinajstić information content (AvgIpc) is 2.52. The molecule has 0 atom stereocenters. The van der Waals surface area contributed by atoms with E-state index in [-0.39, 0.29) is 6.61 Å². The van der Waals surface area contributed by atoms with Gasteiger partial charge in [-0.2, -0.15) is 0 Å². The number of rotatable bonds is 12. The molecule has 0 rings (SSSR count). The molecular weight excluding hydrogens is 296 g/mol. The summed E-state index contributed by atoms with van der Waals surface area (Å²) in [4.78, 5) is 0. The maximum Gasteiger partial charge on any atom is 0.120 e. The van der Waals surface area contributed by atoms with Gasteiger partial charge in [0.2, 0.25) is 0 Å². The Morgan fingerprint density at radius 1 is 0.792 bits per heavy atom. The van der Waals surface area contributed by atoms with E-state index < -0.39 is 0 Å². The molecule has 0 bridgehead atoms. The van der Waals surface area contributed by atoms with E-state index in [9.17, 15) is 5.11 Å². The second-order valence-electron chi connectivity index (χ2n) is 6.79. The summed E-state index contributed by atoms with van der Waals surface area (Å²) in [5.41, 5.74) is 5.49. The van der Waals surface area contributed by atoms with E-state index in [4.69, 9.17) is 4.74 Å². The van der Waals surface area contributed by atoms with Crippen molar-refractivity contribution in [2.45, 2.75) is 80.1 Å². The van der Waals surface area contributed by atoms with Crippen molar-refractivity contribution in [2.75, 3.05) is 13.2 Å². The van der Waals surface area contributed by atoms with Gasteiger partial charge in [-0.15, -0.1) is 0 Å². The van der Waals surface area contributed by atoms with Crippen LogP contribution < -0.4 is 0 Å². The van der Waals surface area contributed by atoms with E-state index in [1.54, 1.807) is 0 Å². The predicted molar refractivity (Wildman–Crippen MR) is 106 cm³/mol. The maximum absolute atomic E-state index is 9.29. The zero-order valence-corrected chi connectivity index (χ0v) is 16.7. The van der Waals surface area contributed by atoms with Crippen LogP contribution in [-0.2, 0) is 4.74 Å². The van der Waals surface area contributed by atoms with Crippen LogP contribution in [0.2, 0.25) is 0 Å². The third-order valence-electron chi connectivity index (χ3n) is 4.07. The molecule has 0 unspecified atom stereocenters. The van der Waals surface area contributed by atoms with Gasteiger partial charge in [0.05, 0.1) is 6.61 Å². The molecule has 2 heteroatoms. The minimum absolute atomic E-state index is 0.000808. The van der Waals surface area contributed by atoms with E-state index in [1.165, 1.54) is 23.1 Å². The van der Waals surface area contributed by atoms with Gasteiger partial charge in [-0.3, -0.25) is 0 Å². The molecular formula is C22H38O2. The van der Waals surface area contributed by atoms with Crippen LogP contribution in [0.5, 0.6) is 0 Å². The molecule has 0 aliphatic rings. The Kier molecular flexibility index (Phi) is 13.3. The lowest BCUT2D eigenvalue weighted by Gasteiger charge is -2.10. The maximum atomic E-state index is 9.29. The van der Waals surface area contributed by atoms with E-state index in [1.807, 2.05) is 13.8 Å². The molecule has 2 nitrogen and oxygen atoms in total. The molecule has 0 amide bonds. The highest BCUT2D eigenvalue weighted by molar-refractivity contribution is 5.09. The molecule has 0 aromatic carbocycles. The van der Waals surface area contributed by atoms with Gasteiger partial charge >= 0.3 is 0 Å². The number of aliphatic hydroxyl groups excluding tert-OH is 1. The van der Waals surface area contributed by atoms with Crippen molar-refractivity contribution in [2.24, 2.45) is 0 Å². The Hall–Kier alpha value is -1.28. The van der Waals surface area contributed by atoms with Crippen LogP contribution in [0.1, 0.15) is 80.1 Å². The fraction of sp³-hybridized carbons (Fsp3) is 0.636. The molecule has 0 saturated heterocycles. The van der Waals surface area contributed by atoms with Crippen molar-refractivity contribution in [3.05, 3.63) is 46.3 Å². The number of allylic oxidation sites excluding steroid dienone is 7. The highest BCUT2D eigenvalue weighted by Gasteiger charge is 2.01. The third kappa shape index (κ3) is 12.2. The lowest BCUT2D eigenvalue weighted by Crippen LogP contribution is -2.00. The minimum Gasteiger partial charge on any atom is -0.496 e. The van der Waals surface area contributed by atoms with Crippen LogP contribution in [0.4, 0.5) is 0 Å². The molecule has 0 aromatic rings. The normalized spacial score (nSPS) is 13.6. The Morgan fingerprint density at radius 2 is 1.29 bits per heavy atom. The molecule has 0 fully saturated rings. The average molecular weight is 335 g/mol. The Balaban J connectivity index is 4.17. The molecule has 0 spiro atoms. The summed E-state index contributed by atoms with van der Waals surface area (Å²) in [5, 5.41) is 9.29. The smallest absolute Gasteiger partial charge is 0.120 e. The first-order valence-electron chi connectivity index (χ1n) is 9.27. The summed E-state index contributed by atoms with van der Waals surface area (Å²) >= 11 is 0. The lowest BCUT2D eigenvalue weighted by atomic mass is 10.0. The number of aliphatic hydroxyl groups is 1. The molecule has 0 aliphatic carbocycles. The predicted octanol–water partition coefficient (Wildman–Crippen LogP) is 6.49. The van der Waals surface area contributed by atoms with Gasteiger partial charge in [-0.1, -0.05) is 34.9 Å². The molecule has 0 aliphatic heterocycles. The second-order valence-corrected chi connectivity index (χ2v) is 6.79. The largest absolute Gasteiger partial charge is 0.496 e. The minimum atomic E-state index is -0.000808. The van der Waals surface area contributed by atoms with Gasteiger partial charge in [-0.25, -0.2) is 0 Å². The third-order valence-corrected chi connectivity index (χ3v) is 4.07. The van der Waals surface area contributed by atoms with E-state index in [0.717, 1.165) is 43.4 Å². The Labute approximate surface area is 150 Å². The van der Waals surface area contributed by atoms with E-state index in [0.29, 0.717) is 6.61 Å². The summed E-state index contributed by atoms with van der Waals surface area (Å²) in [5.74, 6) is 0.735. The zero-order chi connectivity index (χ0) is 18.4. The first kappa shape index (κ1) is 22.7. The van der Waals surface area contributed by atoms with Gasteiger partial charge in [0.25, 0.3) is 0 Å². The van der Waals surface area contributed by atoms with Crippen LogP contribution in [0, 0.1) is 0 Å². The fourth-order valence-electron chi connectivity index (χ4n) is 2.49. The SMILES string of the molecule is CCO/C(CO)=C(\C)CC/C=C(\C)CC/C=C(\C)CCC=C(C)C. The first-order valence-corrected chi connectivity index (χ1v) is 9.27. The van der Waals surface area contributed by atoms with Crippen molar-refractivity contribution >= 4 is 0 Å². The standard InChI is InChI=1S/C22H38O2/c1-7-24-22(17-23)21(6)16-10-15-20(5)14-9-13-19(4)12-8-11-18(2)3/h11,13,15,23H,7-10,12,14,16-17H2,1-6H3/b19-13+,20-15+,22-21+. The van der Waals surface area contributed by atoms with Gasteiger partial charge in [0.15, 0.2) is 0 Å². The zero-order valence-electron chi connectivity index (χ0n) is 16.7. The van der Waals surface area contributed by atoms with Gasteiger partial charge in [0.1, 0.15) is 12.4 Å². The summed E-state index contributed by atoms with van der Waals surface area (Å²) < 4.78 is 5.45.